The third-order valence-electron chi connectivity index (χ3n) is 2.39. The van der Waals surface area contributed by atoms with Crippen molar-refractivity contribution in [3.05, 3.63) is 12.2 Å². The second-order valence-electron chi connectivity index (χ2n) is 4.52. The van der Waals surface area contributed by atoms with E-state index in [1.807, 2.05) is 13.8 Å². The van der Waals surface area contributed by atoms with E-state index in [0.29, 0.717) is 11.6 Å². The van der Waals surface area contributed by atoms with Crippen LogP contribution in [0, 0.1) is 0 Å². The van der Waals surface area contributed by atoms with Crippen LogP contribution in [0.4, 0.5) is 0 Å². The lowest BCUT2D eigenvalue weighted by molar-refractivity contribution is -0.784. The van der Waals surface area contributed by atoms with Crippen molar-refractivity contribution in [2.24, 2.45) is 0 Å². The molecule has 0 heterocycles. The molecule has 0 aromatic carbocycles. The van der Waals surface area contributed by atoms with Crippen LogP contribution in [0.25, 0.3) is 0 Å². The summed E-state index contributed by atoms with van der Waals surface area (Å²) < 4.78 is 5.34. The van der Waals surface area contributed by atoms with Gasteiger partial charge in [-0.2, -0.15) is 0 Å². The normalized spacial score (nSPS) is 10.9. The molecule has 0 aromatic rings. The van der Waals surface area contributed by atoms with Crippen LogP contribution >= 0.6 is 0 Å². The molecule has 0 fully saturated rings. The molecule has 2 N–H and O–H groups in total. The van der Waals surface area contributed by atoms with E-state index < -0.39 is 5.72 Å². The van der Waals surface area contributed by atoms with Crippen molar-refractivity contribution >= 4 is 5.97 Å². The summed E-state index contributed by atoms with van der Waals surface area (Å²) in [6.45, 7) is 13.3. The maximum Gasteiger partial charge on any atom is 0.337 e. The first-order chi connectivity index (χ1) is 6.82. The lowest BCUT2D eigenvalue weighted by Crippen LogP contribution is -3.00. The predicted octanol–water partition coefficient (Wildman–Crippen LogP) is -1.40. The van der Waals surface area contributed by atoms with E-state index in [2.05, 4.69) is 25.7 Å². The Morgan fingerprint density at radius 1 is 1.38 bits per heavy atom. The molecule has 16 heavy (non-hydrogen) atoms. The molecule has 0 saturated heterocycles. The fourth-order valence-corrected chi connectivity index (χ4v) is 1.45. The lowest BCUT2D eigenvalue weighted by Gasteiger charge is -2.27. The summed E-state index contributed by atoms with van der Waals surface area (Å²) in [5.74, 6) is -0.317. The summed E-state index contributed by atoms with van der Waals surface area (Å²) in [6.07, 6.45) is 2.15. The van der Waals surface area contributed by atoms with Gasteiger partial charge in [-0.25, -0.2) is 4.79 Å². The van der Waals surface area contributed by atoms with Gasteiger partial charge in [-0.05, 0) is 19.8 Å². The van der Waals surface area contributed by atoms with Gasteiger partial charge in [0.15, 0.2) is 0 Å². The molecule has 0 aliphatic carbocycles. The molecule has 96 valence electrons. The number of halogens is 1. The molecule has 0 aliphatic rings. The first-order valence-electron chi connectivity index (χ1n) is 5.57. The van der Waals surface area contributed by atoms with Crippen molar-refractivity contribution in [3.8, 4) is 0 Å². The van der Waals surface area contributed by atoms with Gasteiger partial charge in [-0.1, -0.05) is 20.4 Å². The Hall–Kier alpha value is -0.540. The quantitative estimate of drug-likeness (QED) is 0.358. The number of quaternary nitrogens is 1. The average Bonchev–Trinajstić information content (AvgIpc) is 2.13. The average molecular weight is 250 g/mol. The fraction of sp³-hybridized carbons (Fsp3) is 0.750. The summed E-state index contributed by atoms with van der Waals surface area (Å²) in [7, 11) is 0. The van der Waals surface area contributed by atoms with Gasteiger partial charge in [-0.15, -0.1) is 0 Å². The minimum atomic E-state index is -0.507. The Kier molecular flexibility index (Phi) is 8.57. The molecule has 3 nitrogen and oxygen atoms in total. The van der Waals surface area contributed by atoms with Crippen molar-refractivity contribution in [1.29, 1.82) is 0 Å². The summed E-state index contributed by atoms with van der Waals surface area (Å²) in [6, 6.07) is 0.498. The molecule has 0 amide bonds. The molecule has 4 heteroatoms. The second kappa shape index (κ2) is 7.69. The van der Waals surface area contributed by atoms with E-state index in [-0.39, 0.29) is 18.4 Å². The number of esters is 1. The fourth-order valence-electron chi connectivity index (χ4n) is 1.45. The molecule has 0 rings (SSSR count). The van der Waals surface area contributed by atoms with Crippen LogP contribution in [-0.4, -0.2) is 17.7 Å². The smallest absolute Gasteiger partial charge is 0.337 e. The first-order valence-corrected chi connectivity index (χ1v) is 5.57. The molecular formula is C12H24ClNO2. The molecule has 0 atom stereocenters. The van der Waals surface area contributed by atoms with Crippen molar-refractivity contribution < 1.29 is 27.3 Å². The van der Waals surface area contributed by atoms with Crippen LogP contribution in [-0.2, 0) is 9.53 Å². The zero-order valence-electron chi connectivity index (χ0n) is 11.0. The number of hydrogen-bond donors (Lipinski definition) is 1. The van der Waals surface area contributed by atoms with Crippen LogP contribution in [0.5, 0.6) is 0 Å². The monoisotopic (exact) mass is 249 g/mol. The Morgan fingerprint density at radius 3 is 2.12 bits per heavy atom. The minimum absolute atomic E-state index is 0. The summed E-state index contributed by atoms with van der Waals surface area (Å²) in [5, 5.41) is 2.10. The first kappa shape index (κ1) is 17.8. The van der Waals surface area contributed by atoms with Gasteiger partial charge in [0.2, 0.25) is 5.72 Å². The third-order valence-corrected chi connectivity index (χ3v) is 2.39. The number of hydrogen-bond acceptors (Lipinski definition) is 2. The Bertz CT molecular complexity index is 235. The molecule has 0 unspecified atom stereocenters. The maximum atomic E-state index is 11.4. The summed E-state index contributed by atoms with van der Waals surface area (Å²) in [5.41, 5.74) is -0.0618. The van der Waals surface area contributed by atoms with Crippen LogP contribution in [0.2, 0.25) is 0 Å². The highest BCUT2D eigenvalue weighted by Gasteiger charge is 2.29. The third kappa shape index (κ3) is 6.85. The Balaban J connectivity index is 0. The number of ether oxygens (including phenoxy) is 1. The zero-order valence-corrected chi connectivity index (χ0v) is 11.7. The summed E-state index contributed by atoms with van der Waals surface area (Å²) in [4.78, 5) is 11.4. The van der Waals surface area contributed by atoms with Crippen LogP contribution in [0.1, 0.15) is 47.5 Å². The van der Waals surface area contributed by atoms with E-state index in [4.69, 9.17) is 4.74 Å². The van der Waals surface area contributed by atoms with Gasteiger partial charge in [-0.3, -0.25) is 0 Å². The van der Waals surface area contributed by atoms with Crippen molar-refractivity contribution in [1.82, 2.24) is 0 Å². The van der Waals surface area contributed by atoms with E-state index >= 15 is 0 Å². The molecule has 0 aromatic heterocycles. The van der Waals surface area contributed by atoms with Gasteiger partial charge < -0.3 is 22.5 Å². The number of carbonyl (C=O) groups is 1. The Morgan fingerprint density at radius 2 is 1.81 bits per heavy atom. The SMILES string of the molecule is C=C(C)C(=O)OC(C)(C)[NH2+]C(CC)CC.[Cl-]. The number of rotatable bonds is 6. The Labute approximate surface area is 105 Å². The predicted molar refractivity (Wildman–Crippen MR) is 61.3 cm³/mol. The van der Waals surface area contributed by atoms with Gasteiger partial charge >= 0.3 is 5.97 Å². The van der Waals surface area contributed by atoms with Crippen LogP contribution in [0.15, 0.2) is 12.2 Å². The maximum absolute atomic E-state index is 11.4. The van der Waals surface area contributed by atoms with E-state index in [0.717, 1.165) is 12.8 Å². The van der Waals surface area contributed by atoms with Gasteiger partial charge in [0.1, 0.15) is 0 Å². The second-order valence-corrected chi connectivity index (χ2v) is 4.52. The zero-order chi connectivity index (χ0) is 12.1. The number of nitrogens with two attached hydrogens (primary N) is 1. The minimum Gasteiger partial charge on any atom is -1.00 e. The molecule has 0 aliphatic heterocycles. The highest BCUT2D eigenvalue weighted by atomic mass is 35.5. The van der Waals surface area contributed by atoms with Crippen LogP contribution < -0.4 is 17.7 Å². The number of carbonyl (C=O) groups excluding carboxylic acids is 1. The highest BCUT2D eigenvalue weighted by molar-refractivity contribution is 5.87. The van der Waals surface area contributed by atoms with Gasteiger partial charge in [0.05, 0.1) is 6.04 Å². The molecule has 0 saturated carbocycles. The van der Waals surface area contributed by atoms with Crippen LogP contribution in [0.3, 0.4) is 0 Å². The standard InChI is InChI=1S/C12H23NO2.ClH/c1-7-10(8-2)13-12(5,6)15-11(14)9(3)4;/h10,13H,3,7-8H2,1-2,4-6H3;1H. The van der Waals surface area contributed by atoms with E-state index in [1.54, 1.807) is 6.92 Å². The molecule has 0 spiro atoms. The summed E-state index contributed by atoms with van der Waals surface area (Å²) >= 11 is 0. The highest BCUT2D eigenvalue weighted by Crippen LogP contribution is 2.04. The molecule has 0 bridgehead atoms. The van der Waals surface area contributed by atoms with Gasteiger partial charge in [0.25, 0.3) is 0 Å². The topological polar surface area (TPSA) is 42.9 Å². The van der Waals surface area contributed by atoms with E-state index in [9.17, 15) is 4.79 Å². The van der Waals surface area contributed by atoms with Crippen molar-refractivity contribution in [2.45, 2.75) is 59.2 Å². The van der Waals surface area contributed by atoms with E-state index in [1.165, 1.54) is 0 Å². The van der Waals surface area contributed by atoms with Gasteiger partial charge in [0, 0.05) is 19.4 Å². The molecule has 0 radical (unpaired) electrons. The lowest BCUT2D eigenvalue weighted by atomic mass is 10.1. The van der Waals surface area contributed by atoms with Crippen molar-refractivity contribution in [3.63, 3.8) is 0 Å². The molecular weight excluding hydrogens is 226 g/mol. The largest absolute Gasteiger partial charge is 1.00 e. The van der Waals surface area contributed by atoms with Crippen molar-refractivity contribution in [2.75, 3.05) is 0 Å².